The van der Waals surface area contributed by atoms with Gasteiger partial charge in [0.2, 0.25) is 0 Å². The van der Waals surface area contributed by atoms with Gasteiger partial charge in [-0.15, -0.1) is 0 Å². The van der Waals surface area contributed by atoms with E-state index in [9.17, 15) is 18.0 Å². The maximum Gasteiger partial charge on any atom is 0.490 e. The molecule has 9 nitrogen and oxygen atoms in total. The predicted molar refractivity (Wildman–Crippen MR) is 124 cm³/mol. The van der Waals surface area contributed by atoms with E-state index in [1.54, 1.807) is 0 Å². The molecule has 0 aliphatic carbocycles. The average molecular weight is 505 g/mol. The highest BCUT2D eigenvalue weighted by Gasteiger charge is 2.38. The van der Waals surface area contributed by atoms with Crippen LogP contribution in [0.15, 0.2) is 42.6 Å². The highest BCUT2D eigenvalue weighted by Crippen LogP contribution is 2.27. The topological polar surface area (TPSA) is 100 Å². The summed E-state index contributed by atoms with van der Waals surface area (Å²) in [6.07, 6.45) is -2.15. The monoisotopic (exact) mass is 505 g/mol. The van der Waals surface area contributed by atoms with Gasteiger partial charge in [0.25, 0.3) is 5.91 Å². The summed E-state index contributed by atoms with van der Waals surface area (Å²) in [5.74, 6) is -1.67. The molecular weight excluding hydrogens is 479 g/mol. The number of likely N-dealkylation sites (tertiary alicyclic amines) is 1. The number of carboxylic acid groups (broad SMARTS) is 1. The fourth-order valence-electron chi connectivity index (χ4n) is 4.11. The second kappa shape index (κ2) is 10.5. The minimum Gasteiger partial charge on any atom is -0.475 e. The number of nitrogens with zero attached hydrogens (tertiary/aromatic N) is 5. The van der Waals surface area contributed by atoms with E-state index in [0.717, 1.165) is 67.6 Å². The molecule has 36 heavy (non-hydrogen) atoms. The zero-order valence-electron chi connectivity index (χ0n) is 19.6. The molecule has 2 aromatic heterocycles. The maximum absolute atomic E-state index is 12.8. The lowest BCUT2D eigenvalue weighted by Gasteiger charge is -2.28. The van der Waals surface area contributed by atoms with Crippen LogP contribution in [0.25, 0.3) is 5.65 Å². The number of morpholine rings is 1. The van der Waals surface area contributed by atoms with Crippen molar-refractivity contribution >= 4 is 23.2 Å². The lowest BCUT2D eigenvalue weighted by molar-refractivity contribution is -0.192. The van der Waals surface area contributed by atoms with Crippen molar-refractivity contribution in [2.45, 2.75) is 25.4 Å². The lowest BCUT2D eigenvalue weighted by Crippen LogP contribution is -2.36. The zero-order valence-corrected chi connectivity index (χ0v) is 19.6. The Hall–Kier alpha value is -3.67. The van der Waals surface area contributed by atoms with Gasteiger partial charge in [-0.2, -0.15) is 18.3 Å². The molecule has 0 saturated carbocycles. The quantitative estimate of drug-likeness (QED) is 0.584. The molecule has 3 aromatic rings. The summed E-state index contributed by atoms with van der Waals surface area (Å²) < 4.78 is 39.0. The Morgan fingerprint density at radius 1 is 1.06 bits per heavy atom. The van der Waals surface area contributed by atoms with Gasteiger partial charge in [-0.1, -0.05) is 17.7 Å². The maximum atomic E-state index is 12.8. The van der Waals surface area contributed by atoms with E-state index in [2.05, 4.69) is 11.0 Å². The smallest absolute Gasteiger partial charge is 0.475 e. The minimum absolute atomic E-state index is 0.0888. The molecule has 2 aliphatic rings. The Bertz CT molecular complexity index is 1220. The van der Waals surface area contributed by atoms with Gasteiger partial charge in [-0.3, -0.25) is 4.79 Å². The van der Waals surface area contributed by atoms with E-state index in [0.29, 0.717) is 6.54 Å². The number of carboxylic acids is 1. The summed E-state index contributed by atoms with van der Waals surface area (Å²) in [5.41, 5.74) is 3.89. The van der Waals surface area contributed by atoms with Crippen LogP contribution in [-0.4, -0.2) is 82.1 Å². The molecule has 12 heteroatoms. The molecule has 0 bridgehead atoms. The van der Waals surface area contributed by atoms with Gasteiger partial charge < -0.3 is 19.6 Å². The van der Waals surface area contributed by atoms with Crippen molar-refractivity contribution < 1.29 is 32.6 Å². The lowest BCUT2D eigenvalue weighted by atomic mass is 10.1. The number of aromatic nitrogens is 3. The van der Waals surface area contributed by atoms with Crippen LogP contribution < -0.4 is 4.90 Å². The van der Waals surface area contributed by atoms with Crippen LogP contribution in [0, 0.1) is 6.92 Å². The van der Waals surface area contributed by atoms with Crippen molar-refractivity contribution in [1.82, 2.24) is 19.5 Å². The summed E-state index contributed by atoms with van der Waals surface area (Å²) in [7, 11) is 0. The van der Waals surface area contributed by atoms with Gasteiger partial charge in [0, 0.05) is 37.7 Å². The number of anilines is 1. The van der Waals surface area contributed by atoms with Crippen LogP contribution in [0.3, 0.4) is 0 Å². The molecule has 1 atom stereocenters. The molecular formula is C24H26F3N5O4. The first-order valence-corrected chi connectivity index (χ1v) is 11.5. The summed E-state index contributed by atoms with van der Waals surface area (Å²) in [5, 5.41) is 11.9. The highest BCUT2D eigenvalue weighted by molar-refractivity contribution is 5.94. The Labute approximate surface area is 205 Å². The number of aliphatic carboxylic acids is 1. The van der Waals surface area contributed by atoms with E-state index < -0.39 is 12.1 Å². The third-order valence-electron chi connectivity index (χ3n) is 6.09. The largest absolute Gasteiger partial charge is 0.490 e. The van der Waals surface area contributed by atoms with Gasteiger partial charge in [-0.05, 0) is 37.6 Å². The van der Waals surface area contributed by atoms with Crippen LogP contribution in [0.4, 0.5) is 18.9 Å². The van der Waals surface area contributed by atoms with E-state index >= 15 is 0 Å². The number of pyridine rings is 1. The molecule has 2 fully saturated rings. The Morgan fingerprint density at radius 3 is 2.36 bits per heavy atom. The molecule has 2 aliphatic heterocycles. The normalized spacial score (nSPS) is 18.2. The minimum atomic E-state index is -5.08. The van der Waals surface area contributed by atoms with Gasteiger partial charge in [0.1, 0.15) is 0 Å². The second-order valence-corrected chi connectivity index (χ2v) is 8.67. The van der Waals surface area contributed by atoms with Crippen molar-refractivity contribution in [3.63, 3.8) is 0 Å². The number of aryl methyl sites for hydroxylation is 1. The van der Waals surface area contributed by atoms with Crippen LogP contribution in [-0.2, 0) is 9.53 Å². The second-order valence-electron chi connectivity index (χ2n) is 8.67. The molecule has 4 heterocycles. The van der Waals surface area contributed by atoms with E-state index in [4.69, 9.17) is 24.7 Å². The fraction of sp³-hybridized carbons (Fsp3) is 0.417. The molecule has 1 aromatic carbocycles. The van der Waals surface area contributed by atoms with E-state index in [-0.39, 0.29) is 11.8 Å². The zero-order chi connectivity index (χ0) is 25.9. The number of carbonyl (C=O) groups excluding carboxylic acids is 1. The van der Waals surface area contributed by atoms with Crippen molar-refractivity contribution in [1.29, 1.82) is 0 Å². The standard InChI is InChI=1S/C22H25N5O2.C2HF3O2/c1-16-2-4-17(5-3-16)22(28)26-9-8-18(14-26)21-23-20-7-6-19(15-27(20)24-21)25-10-12-29-13-11-25;3-2(4,5)1(6)7/h2-7,15,18H,8-14H2,1H3;(H,6,7). The number of halogens is 3. The van der Waals surface area contributed by atoms with Crippen molar-refractivity contribution in [3.05, 3.63) is 59.5 Å². The molecule has 1 unspecified atom stereocenters. The predicted octanol–water partition coefficient (Wildman–Crippen LogP) is 3.14. The van der Waals surface area contributed by atoms with Crippen LogP contribution in [0.5, 0.6) is 0 Å². The number of ether oxygens (including phenoxy) is 1. The van der Waals surface area contributed by atoms with E-state index in [1.807, 2.05) is 52.9 Å². The molecule has 5 rings (SSSR count). The fourth-order valence-corrected chi connectivity index (χ4v) is 4.11. The Kier molecular flexibility index (Phi) is 7.43. The number of alkyl halides is 3. The summed E-state index contributed by atoms with van der Waals surface area (Å²) in [4.78, 5) is 30.6. The number of fused-ring (bicyclic) bond motifs is 1. The summed E-state index contributed by atoms with van der Waals surface area (Å²) >= 11 is 0. The van der Waals surface area contributed by atoms with Gasteiger partial charge >= 0.3 is 12.1 Å². The first-order valence-electron chi connectivity index (χ1n) is 11.5. The Balaban J connectivity index is 0.000000384. The number of hydrogen-bond acceptors (Lipinski definition) is 6. The number of amides is 1. The molecule has 0 spiro atoms. The van der Waals surface area contributed by atoms with Crippen LogP contribution in [0.2, 0.25) is 0 Å². The summed E-state index contributed by atoms with van der Waals surface area (Å²) in [6.45, 7) is 6.74. The number of hydrogen-bond donors (Lipinski definition) is 1. The van der Waals surface area contributed by atoms with Gasteiger partial charge in [-0.25, -0.2) is 14.3 Å². The first kappa shape index (κ1) is 25.4. The number of benzene rings is 1. The molecule has 192 valence electrons. The van der Waals surface area contributed by atoms with Crippen molar-refractivity contribution in [2.24, 2.45) is 0 Å². The SMILES string of the molecule is Cc1ccc(C(=O)N2CCC(c3nc4ccc(N5CCOCC5)cn4n3)C2)cc1.O=C(O)C(F)(F)F. The molecule has 1 N–H and O–H groups in total. The highest BCUT2D eigenvalue weighted by atomic mass is 19.4. The van der Waals surface area contributed by atoms with Crippen LogP contribution in [0.1, 0.15) is 34.1 Å². The number of carbonyl (C=O) groups is 2. The first-order chi connectivity index (χ1) is 17.1. The van der Waals surface area contributed by atoms with Gasteiger partial charge in [0.05, 0.1) is 25.1 Å². The molecule has 2 saturated heterocycles. The average Bonchev–Trinajstić information content (AvgIpc) is 3.51. The summed E-state index contributed by atoms with van der Waals surface area (Å²) in [6, 6.07) is 11.9. The number of rotatable bonds is 3. The molecule has 1 amide bonds. The molecule has 0 radical (unpaired) electrons. The third-order valence-corrected chi connectivity index (χ3v) is 6.09. The van der Waals surface area contributed by atoms with Gasteiger partial charge in [0.15, 0.2) is 11.5 Å². The third kappa shape index (κ3) is 5.93. The van der Waals surface area contributed by atoms with Crippen LogP contribution >= 0.6 is 0 Å². The van der Waals surface area contributed by atoms with E-state index in [1.165, 1.54) is 0 Å². The van der Waals surface area contributed by atoms with Crippen molar-refractivity contribution in [3.8, 4) is 0 Å². The van der Waals surface area contributed by atoms with Crippen molar-refractivity contribution in [2.75, 3.05) is 44.3 Å². The Morgan fingerprint density at radius 2 is 1.72 bits per heavy atom.